The zero-order valence-electron chi connectivity index (χ0n) is 23.6. The van der Waals surface area contributed by atoms with E-state index in [-0.39, 0.29) is 13.1 Å². The lowest BCUT2D eigenvalue weighted by Crippen LogP contribution is -2.43. The molecule has 8 N–H and O–H groups in total. The number of imide groups is 6. The highest BCUT2D eigenvalue weighted by atomic mass is 16.7. The van der Waals surface area contributed by atoms with Gasteiger partial charge in [0, 0.05) is 13.1 Å². The molecule has 0 spiro atoms. The van der Waals surface area contributed by atoms with Crippen molar-refractivity contribution >= 4 is 72.7 Å². The number of aliphatic carboxylic acids is 4. The Morgan fingerprint density at radius 1 is 0.396 bits per heavy atom. The van der Waals surface area contributed by atoms with Gasteiger partial charge in [0.05, 0.1) is 26.2 Å². The highest BCUT2D eigenvalue weighted by Crippen LogP contribution is 2.03. The first kappa shape index (κ1) is 43.3. The monoisotopic (exact) mass is 704 g/mol. The van der Waals surface area contributed by atoms with Gasteiger partial charge in [-0.3, -0.25) is 29.0 Å². The molecule has 0 radical (unpaired) electrons. The van der Waals surface area contributed by atoms with Gasteiger partial charge in [0.1, 0.15) is 13.2 Å². The van der Waals surface area contributed by atoms with Crippen LogP contribution in [0.25, 0.3) is 0 Å². The summed E-state index contributed by atoms with van der Waals surface area (Å²) in [6.45, 7) is -4.29. The minimum atomic E-state index is -2.29. The number of carbonyl (C=O) groups is 12. The van der Waals surface area contributed by atoms with Gasteiger partial charge in [-0.05, 0) is 0 Å². The van der Waals surface area contributed by atoms with Gasteiger partial charge in [-0.15, -0.1) is 9.80 Å². The van der Waals surface area contributed by atoms with Crippen LogP contribution < -0.4 is 0 Å². The van der Waals surface area contributed by atoms with Crippen LogP contribution in [0.1, 0.15) is 0 Å². The Labute approximate surface area is 262 Å². The van der Waals surface area contributed by atoms with Crippen molar-refractivity contribution < 1.29 is 117 Å². The Kier molecular flexibility index (Phi) is 19.7. The fraction of sp³-hybridized carbons (Fsp3) is 0.400. The fourth-order valence-corrected chi connectivity index (χ4v) is 2.57. The molecule has 0 saturated carbocycles. The second-order valence-electron chi connectivity index (χ2n) is 7.73. The number of carbonyl (C=O) groups excluding carboxylic acids is 4. The van der Waals surface area contributed by atoms with Crippen LogP contribution in [0, 0.1) is 0 Å². The molecule has 0 aromatic carbocycles. The first-order chi connectivity index (χ1) is 22.1. The molecule has 0 fully saturated rings. The number of hydrogen-bond donors (Lipinski definition) is 8. The summed E-state index contributed by atoms with van der Waals surface area (Å²) >= 11 is 0. The molecule has 0 bridgehead atoms. The Balaban J connectivity index is 0. The van der Waals surface area contributed by atoms with Crippen LogP contribution in [0.3, 0.4) is 0 Å². The predicted octanol–water partition coefficient (Wildman–Crippen LogP) is -1.22. The number of carboxylic acid groups (broad SMARTS) is 8. The molecule has 0 atom stereocenters. The van der Waals surface area contributed by atoms with Gasteiger partial charge in [-0.25, -0.2) is 38.4 Å². The molecule has 0 aliphatic rings. The van der Waals surface area contributed by atoms with E-state index in [4.69, 9.17) is 40.9 Å². The summed E-state index contributed by atoms with van der Waals surface area (Å²) in [6, 6.07) is 0. The normalized spacial score (nSPS) is 9.88. The first-order valence-corrected chi connectivity index (χ1v) is 11.7. The zero-order chi connectivity index (χ0) is 37.7. The second-order valence-corrected chi connectivity index (χ2v) is 7.73. The van der Waals surface area contributed by atoms with E-state index < -0.39 is 122 Å². The molecule has 48 heavy (non-hydrogen) atoms. The van der Waals surface area contributed by atoms with Gasteiger partial charge in [0.2, 0.25) is 0 Å². The Hall–Kier alpha value is -6.84. The van der Waals surface area contributed by atoms with Crippen molar-refractivity contribution in [2.45, 2.75) is 0 Å². The smallest absolute Gasteiger partial charge is 0.480 e. The molecule has 0 aromatic heterocycles. The molecule has 0 heterocycles. The summed E-state index contributed by atoms with van der Waals surface area (Å²) in [4.78, 5) is 129. The molecule has 268 valence electrons. The maximum Gasteiger partial charge on any atom is 0.514 e. The number of rotatable bonds is 14. The molecule has 28 heteroatoms. The van der Waals surface area contributed by atoms with Crippen LogP contribution in [0.4, 0.5) is 38.4 Å². The second kappa shape index (κ2) is 21.8. The number of ether oxygens (including phenoxy) is 4. The molecule has 0 rings (SSSR count). The number of amides is 6. The molecule has 0 aliphatic heterocycles. The lowest BCUT2D eigenvalue weighted by atomic mass is 10.4. The average molecular weight is 704 g/mol. The fourth-order valence-electron chi connectivity index (χ4n) is 2.57. The highest BCUT2D eigenvalue weighted by Gasteiger charge is 2.35. The molecule has 0 aliphatic carbocycles. The third-order valence-corrected chi connectivity index (χ3v) is 4.16. The number of hydrogen-bond acceptors (Lipinski definition) is 18. The minimum absolute atomic E-state index is 0.0703. The van der Waals surface area contributed by atoms with E-state index in [9.17, 15) is 57.5 Å². The summed E-state index contributed by atoms with van der Waals surface area (Å²) in [5.41, 5.74) is 0. The largest absolute Gasteiger partial charge is 0.514 e. The van der Waals surface area contributed by atoms with Crippen molar-refractivity contribution in [1.29, 1.82) is 0 Å². The molecular formula is C20H24N4O24. The maximum atomic E-state index is 11.4. The topological polar surface area (TPSA) is 417 Å². The average Bonchev–Trinajstić information content (AvgIpc) is 2.87. The molecule has 0 aromatic rings. The molecule has 28 nitrogen and oxygen atoms in total. The van der Waals surface area contributed by atoms with Gasteiger partial charge in [-0.1, -0.05) is 0 Å². The van der Waals surface area contributed by atoms with Crippen LogP contribution in [0.5, 0.6) is 0 Å². The van der Waals surface area contributed by atoms with E-state index in [0.717, 1.165) is 9.80 Å². The zero-order valence-corrected chi connectivity index (χ0v) is 23.6. The van der Waals surface area contributed by atoms with Crippen LogP contribution >= 0.6 is 0 Å². The minimum Gasteiger partial charge on any atom is -0.480 e. The van der Waals surface area contributed by atoms with Crippen molar-refractivity contribution in [3.63, 3.8) is 0 Å². The van der Waals surface area contributed by atoms with Crippen LogP contribution in [-0.2, 0) is 38.1 Å². The van der Waals surface area contributed by atoms with Crippen molar-refractivity contribution in [3.05, 3.63) is 0 Å². The predicted molar refractivity (Wildman–Crippen MR) is 135 cm³/mol. The van der Waals surface area contributed by atoms with Crippen LogP contribution in [-0.4, -0.2) is 186 Å². The third kappa shape index (κ3) is 20.2. The first-order valence-electron chi connectivity index (χ1n) is 11.7. The lowest BCUT2D eigenvalue weighted by molar-refractivity contribution is -0.145. The summed E-state index contributed by atoms with van der Waals surface area (Å²) < 4.78 is 15.1. The number of nitrogens with zero attached hydrogens (tertiary/aromatic N) is 4. The van der Waals surface area contributed by atoms with Gasteiger partial charge >= 0.3 is 72.7 Å². The van der Waals surface area contributed by atoms with Crippen molar-refractivity contribution in [1.82, 2.24) is 19.6 Å². The van der Waals surface area contributed by atoms with Gasteiger partial charge in [0.15, 0.2) is 0 Å². The van der Waals surface area contributed by atoms with Gasteiger partial charge < -0.3 is 59.8 Å². The Morgan fingerprint density at radius 3 is 0.833 bits per heavy atom. The lowest BCUT2D eigenvalue weighted by Gasteiger charge is -2.23. The Bertz CT molecular complexity index is 1150. The summed E-state index contributed by atoms with van der Waals surface area (Å²) in [7, 11) is 0. The summed E-state index contributed by atoms with van der Waals surface area (Å²) in [6.07, 6.45) is -17.3. The summed E-state index contributed by atoms with van der Waals surface area (Å²) in [5.74, 6) is -4.91. The van der Waals surface area contributed by atoms with E-state index in [1.54, 1.807) is 0 Å². The van der Waals surface area contributed by atoms with E-state index in [0.29, 0.717) is 0 Å². The SMILES string of the molecule is O=C(O)CN(CCN(CC(=O)O)CC(=O)O)CC(=O)O.O=C(O)OC(=O)N(C(=O)O)C(=O)OCCOC(=O)N(C(=O)O)C(=O)OC(=O)O. The van der Waals surface area contributed by atoms with Crippen molar-refractivity contribution in [3.8, 4) is 0 Å². The molecule has 0 unspecified atom stereocenters. The highest BCUT2D eigenvalue weighted by molar-refractivity contribution is 6.05. The standard InChI is InChI=1S/C10H8N2O16.C10H16N2O8/c13-3(14)11(7(19)27-9(21)22)5(17)25-1-2-26-6(18)12(4(15)16)8(20)28-10(23)24;13-7(14)3-11(4-8(15)16)1-2-12(5-9(17)18)6-10(19)20/h1-2H2,(H,13,14)(H,15,16)(H,21,22)(H,23,24);1-6H2,(H,13,14)(H,15,16)(H,17,18)(H,19,20). The molecule has 6 amide bonds. The van der Waals surface area contributed by atoms with E-state index in [2.05, 4.69) is 18.9 Å². The molecular weight excluding hydrogens is 680 g/mol. The third-order valence-electron chi connectivity index (χ3n) is 4.16. The van der Waals surface area contributed by atoms with Crippen LogP contribution in [0.2, 0.25) is 0 Å². The molecule has 0 saturated heterocycles. The maximum absolute atomic E-state index is 11.4. The van der Waals surface area contributed by atoms with Gasteiger partial charge in [0.25, 0.3) is 0 Å². The summed E-state index contributed by atoms with van der Waals surface area (Å²) in [5, 5.41) is 68.0. The quantitative estimate of drug-likeness (QED) is 0.0454. The van der Waals surface area contributed by atoms with Crippen LogP contribution in [0.15, 0.2) is 0 Å². The van der Waals surface area contributed by atoms with Gasteiger partial charge in [-0.2, -0.15) is 0 Å². The van der Waals surface area contributed by atoms with E-state index >= 15 is 0 Å². The van der Waals surface area contributed by atoms with E-state index in [1.165, 1.54) is 0 Å². The van der Waals surface area contributed by atoms with Crippen molar-refractivity contribution in [2.75, 3.05) is 52.5 Å². The Morgan fingerprint density at radius 2 is 0.646 bits per heavy atom. The van der Waals surface area contributed by atoms with Crippen molar-refractivity contribution in [2.24, 2.45) is 0 Å². The van der Waals surface area contributed by atoms with E-state index in [1.807, 2.05) is 0 Å². The number of carboxylic acids is 4.